The van der Waals surface area contributed by atoms with E-state index in [4.69, 9.17) is 0 Å². The van der Waals surface area contributed by atoms with Crippen molar-refractivity contribution in [1.82, 2.24) is 0 Å². The van der Waals surface area contributed by atoms with Crippen molar-refractivity contribution in [2.45, 2.75) is 103 Å². The van der Waals surface area contributed by atoms with Gasteiger partial charge in [0.05, 0.1) is 0 Å². The molecule has 64 heavy (non-hydrogen) atoms. The Balaban J connectivity index is 0.970. The summed E-state index contributed by atoms with van der Waals surface area (Å²) in [5, 5.41) is 0. The zero-order chi connectivity index (χ0) is 43.6. The summed E-state index contributed by atoms with van der Waals surface area (Å²) in [4.78, 5) is 4.91. The second-order valence-electron chi connectivity index (χ2n) is 21.3. The minimum absolute atomic E-state index is 0.0729. The molecule has 0 radical (unpaired) electrons. The molecule has 3 fully saturated rings. The summed E-state index contributed by atoms with van der Waals surface area (Å²) in [5.74, 6) is 3.05. The predicted molar refractivity (Wildman–Crippen MR) is 270 cm³/mol. The first-order valence-corrected chi connectivity index (χ1v) is 24.4. The molecule has 2 nitrogen and oxygen atoms in total. The van der Waals surface area contributed by atoms with Crippen molar-refractivity contribution in [2.75, 3.05) is 9.80 Å². The third kappa shape index (κ3) is 6.91. The van der Waals surface area contributed by atoms with Crippen molar-refractivity contribution in [3.63, 3.8) is 0 Å². The summed E-state index contributed by atoms with van der Waals surface area (Å²) in [6, 6.07) is 67.1. The van der Waals surface area contributed by atoms with Crippen LogP contribution in [0.25, 0.3) is 11.1 Å². The highest BCUT2D eigenvalue weighted by molar-refractivity contribution is 5.85. The molecular formula is C62H64N2. The van der Waals surface area contributed by atoms with Crippen molar-refractivity contribution in [2.24, 2.45) is 23.2 Å². The lowest BCUT2D eigenvalue weighted by Crippen LogP contribution is -2.45. The lowest BCUT2D eigenvalue weighted by Gasteiger charge is -2.51. The lowest BCUT2D eigenvalue weighted by molar-refractivity contribution is 0.100. The van der Waals surface area contributed by atoms with Crippen LogP contribution < -0.4 is 9.80 Å². The van der Waals surface area contributed by atoms with Gasteiger partial charge in [-0.25, -0.2) is 0 Å². The van der Waals surface area contributed by atoms with Crippen LogP contribution in [0.2, 0.25) is 0 Å². The van der Waals surface area contributed by atoms with Gasteiger partial charge < -0.3 is 9.80 Å². The van der Waals surface area contributed by atoms with Crippen LogP contribution >= 0.6 is 0 Å². The highest BCUT2D eigenvalue weighted by atomic mass is 15.1. The van der Waals surface area contributed by atoms with E-state index in [0.29, 0.717) is 5.92 Å². The third-order valence-electron chi connectivity index (χ3n) is 16.4. The fraction of sp³-hybridized carbons (Fsp3) is 0.323. The number of hydrogen-bond acceptors (Lipinski definition) is 2. The number of nitrogens with zero attached hydrogens (tertiary/aromatic N) is 2. The Morgan fingerprint density at radius 1 is 0.469 bits per heavy atom. The number of rotatable bonds is 9. The first kappa shape index (κ1) is 40.9. The van der Waals surface area contributed by atoms with E-state index in [-0.39, 0.29) is 16.2 Å². The van der Waals surface area contributed by atoms with Gasteiger partial charge in [0.15, 0.2) is 0 Å². The Labute approximate surface area is 383 Å². The summed E-state index contributed by atoms with van der Waals surface area (Å²) in [6.45, 7) is 12.2. The van der Waals surface area contributed by atoms with E-state index < -0.39 is 0 Å². The molecule has 7 aromatic carbocycles. The Morgan fingerprint density at radius 3 is 1.55 bits per heavy atom. The fourth-order valence-corrected chi connectivity index (χ4v) is 13.4. The van der Waals surface area contributed by atoms with Gasteiger partial charge in [0.2, 0.25) is 0 Å². The first-order chi connectivity index (χ1) is 31.1. The maximum atomic E-state index is 2.48. The van der Waals surface area contributed by atoms with Gasteiger partial charge in [-0.2, -0.15) is 0 Å². The SMILES string of the molecule is CC1(C)c2ccccc2-c2ccc(N(c3ccccc3)c3ccc(C4(c5ccc(N(c6ccccc6)c6ccc(C7CC8CCC7C8)cc6)cc5)CCCCC4C(C)(C)C)cc3)cc21. The molecule has 0 saturated heterocycles. The highest BCUT2D eigenvalue weighted by Crippen LogP contribution is 2.57. The number of para-hydroxylation sites is 2. The average Bonchev–Trinajstić information content (AvgIpc) is 4.03. The Hall–Kier alpha value is -5.86. The fourth-order valence-electron chi connectivity index (χ4n) is 13.4. The van der Waals surface area contributed by atoms with Gasteiger partial charge in [-0.15, -0.1) is 0 Å². The average molecular weight is 837 g/mol. The molecule has 2 bridgehead atoms. The van der Waals surface area contributed by atoms with Crippen LogP contribution in [-0.4, -0.2) is 0 Å². The van der Waals surface area contributed by atoms with E-state index in [1.165, 1.54) is 118 Å². The van der Waals surface area contributed by atoms with Gasteiger partial charge in [0, 0.05) is 45.0 Å². The Bertz CT molecular complexity index is 2740. The monoisotopic (exact) mass is 837 g/mol. The van der Waals surface area contributed by atoms with Gasteiger partial charge in [0.1, 0.15) is 0 Å². The zero-order valence-electron chi connectivity index (χ0n) is 38.6. The number of anilines is 6. The van der Waals surface area contributed by atoms with Crippen LogP contribution in [0.4, 0.5) is 34.1 Å². The molecule has 2 heteroatoms. The van der Waals surface area contributed by atoms with Gasteiger partial charge in [0.25, 0.3) is 0 Å². The smallest absolute Gasteiger partial charge is 0.0465 e. The summed E-state index contributed by atoms with van der Waals surface area (Å²) >= 11 is 0. The van der Waals surface area contributed by atoms with Crippen LogP contribution in [0.1, 0.15) is 120 Å². The summed E-state index contributed by atoms with van der Waals surface area (Å²) < 4.78 is 0. The van der Waals surface area contributed by atoms with E-state index in [1.807, 2.05) is 0 Å². The second-order valence-corrected chi connectivity index (χ2v) is 21.3. The molecule has 0 amide bonds. The molecule has 4 aliphatic rings. The van der Waals surface area contributed by atoms with E-state index in [9.17, 15) is 0 Å². The molecule has 7 aromatic rings. The van der Waals surface area contributed by atoms with Crippen molar-refractivity contribution in [3.8, 4) is 11.1 Å². The zero-order valence-corrected chi connectivity index (χ0v) is 38.6. The van der Waals surface area contributed by atoms with Crippen LogP contribution in [-0.2, 0) is 10.8 Å². The van der Waals surface area contributed by atoms with E-state index in [0.717, 1.165) is 24.2 Å². The first-order valence-electron chi connectivity index (χ1n) is 24.4. The van der Waals surface area contributed by atoms with Gasteiger partial charge in [-0.05, 0) is 173 Å². The number of benzene rings is 7. The van der Waals surface area contributed by atoms with Crippen molar-refractivity contribution in [3.05, 3.63) is 204 Å². The summed E-state index contributed by atoms with van der Waals surface area (Å²) in [7, 11) is 0. The summed E-state index contributed by atoms with van der Waals surface area (Å²) in [5.41, 5.74) is 17.0. The van der Waals surface area contributed by atoms with Gasteiger partial charge >= 0.3 is 0 Å². The minimum atomic E-state index is -0.117. The molecule has 0 aromatic heterocycles. The van der Waals surface area contributed by atoms with E-state index >= 15 is 0 Å². The van der Waals surface area contributed by atoms with Crippen molar-refractivity contribution >= 4 is 34.1 Å². The molecule has 0 heterocycles. The molecule has 0 aliphatic heterocycles. The minimum Gasteiger partial charge on any atom is -0.311 e. The normalized spacial score (nSPS) is 23.1. The third-order valence-corrected chi connectivity index (χ3v) is 16.4. The number of fused-ring (bicyclic) bond motifs is 5. The molecule has 11 rings (SSSR count). The molecule has 4 aliphatic carbocycles. The molecule has 5 atom stereocenters. The molecule has 5 unspecified atom stereocenters. The van der Waals surface area contributed by atoms with Crippen LogP contribution in [0, 0.1) is 23.2 Å². The van der Waals surface area contributed by atoms with E-state index in [2.05, 4.69) is 220 Å². The van der Waals surface area contributed by atoms with Gasteiger partial charge in [-0.3, -0.25) is 0 Å². The maximum Gasteiger partial charge on any atom is 0.0465 e. The predicted octanol–water partition coefficient (Wildman–Crippen LogP) is 17.4. The highest BCUT2D eigenvalue weighted by Gasteiger charge is 2.48. The molecule has 0 spiro atoms. The largest absolute Gasteiger partial charge is 0.311 e. The molecule has 322 valence electrons. The van der Waals surface area contributed by atoms with Crippen LogP contribution in [0.5, 0.6) is 0 Å². The lowest BCUT2D eigenvalue weighted by atomic mass is 9.52. The topological polar surface area (TPSA) is 6.48 Å². The van der Waals surface area contributed by atoms with Crippen molar-refractivity contribution in [1.29, 1.82) is 0 Å². The second kappa shape index (κ2) is 16.0. The Morgan fingerprint density at radius 2 is 0.984 bits per heavy atom. The molecular weight excluding hydrogens is 773 g/mol. The Kier molecular flexibility index (Phi) is 10.2. The molecule has 0 N–H and O–H groups in total. The van der Waals surface area contributed by atoms with Crippen LogP contribution in [0.3, 0.4) is 0 Å². The van der Waals surface area contributed by atoms with Crippen LogP contribution in [0.15, 0.2) is 176 Å². The molecule has 3 saturated carbocycles. The van der Waals surface area contributed by atoms with Gasteiger partial charge in [-0.1, -0.05) is 157 Å². The standard InChI is InChI=1S/C62H64N2/c1-60(2,3)59-22-14-15-39-62(59,46-27-33-51(34-28-46)63(48-16-8-6-9-17-48)50-31-25-44(26-32-50)56-41-43-23-24-45(56)40-43)47-29-35-52(36-30-47)64(49-18-10-7-11-19-49)53-37-38-55-54-20-12-13-21-57(54)61(4,5)58(55)42-53/h6-13,16-21,25-38,42-43,45,56,59H,14-15,22-24,39-41H2,1-5H3. The van der Waals surface area contributed by atoms with Crippen molar-refractivity contribution < 1.29 is 0 Å². The summed E-state index contributed by atoms with van der Waals surface area (Å²) in [6.07, 6.45) is 10.5. The van der Waals surface area contributed by atoms with E-state index in [1.54, 1.807) is 0 Å². The number of hydrogen-bond donors (Lipinski definition) is 0. The maximum absolute atomic E-state index is 2.48. The quantitative estimate of drug-likeness (QED) is 0.143.